The molecule has 0 N–H and O–H groups in total. The van der Waals surface area contributed by atoms with E-state index in [4.69, 9.17) is 4.74 Å². The molecule has 4 aromatic rings. The summed E-state index contributed by atoms with van der Waals surface area (Å²) < 4.78 is 70.3. The van der Waals surface area contributed by atoms with Gasteiger partial charge in [0.1, 0.15) is 23.7 Å². The van der Waals surface area contributed by atoms with Crippen molar-refractivity contribution in [2.45, 2.75) is 17.7 Å². The van der Waals surface area contributed by atoms with Gasteiger partial charge in [-0.3, -0.25) is 4.57 Å². The average Bonchev–Trinajstić information content (AvgIpc) is 3.31. The molecule has 0 amide bonds. The predicted molar refractivity (Wildman–Crippen MR) is 108 cm³/mol. The number of fused-ring (bicyclic) bond motifs is 1. The van der Waals surface area contributed by atoms with Crippen LogP contribution in [0.3, 0.4) is 0 Å². The minimum atomic E-state index is -4.45. The number of imidazole rings is 1. The molecule has 0 saturated carbocycles. The molecule has 2 aromatic heterocycles. The number of sulfone groups is 1. The summed E-state index contributed by atoms with van der Waals surface area (Å²) in [5.41, 5.74) is 0.545. The van der Waals surface area contributed by atoms with E-state index in [-0.39, 0.29) is 17.1 Å². The number of hydrogen-bond acceptors (Lipinski definition) is 5. The number of thiophene rings is 1. The number of rotatable bonds is 5. The van der Waals surface area contributed by atoms with Crippen molar-refractivity contribution in [2.24, 2.45) is 0 Å². The molecule has 0 aliphatic heterocycles. The first-order valence-corrected chi connectivity index (χ1v) is 11.4. The lowest BCUT2D eigenvalue weighted by Gasteiger charge is -2.12. The second-order valence-electron chi connectivity index (χ2n) is 6.60. The van der Waals surface area contributed by atoms with E-state index in [1.54, 1.807) is 28.4 Å². The van der Waals surface area contributed by atoms with Crippen molar-refractivity contribution in [2.75, 3.05) is 6.26 Å². The van der Waals surface area contributed by atoms with E-state index in [2.05, 4.69) is 4.98 Å². The van der Waals surface area contributed by atoms with E-state index in [0.29, 0.717) is 21.8 Å². The van der Waals surface area contributed by atoms with Crippen LogP contribution in [0.15, 0.2) is 65.1 Å². The van der Waals surface area contributed by atoms with E-state index >= 15 is 0 Å². The molecular formula is C20H15F3N2O3S2. The average molecular weight is 452 g/mol. The van der Waals surface area contributed by atoms with Gasteiger partial charge < -0.3 is 4.74 Å². The molecule has 0 atom stereocenters. The van der Waals surface area contributed by atoms with Crippen molar-refractivity contribution < 1.29 is 26.3 Å². The van der Waals surface area contributed by atoms with Crippen LogP contribution >= 0.6 is 11.3 Å². The lowest BCUT2D eigenvalue weighted by molar-refractivity contribution is -0.138. The summed E-state index contributed by atoms with van der Waals surface area (Å²) in [4.78, 5) is 4.44. The highest BCUT2D eigenvalue weighted by molar-refractivity contribution is 7.90. The molecule has 0 unspecified atom stereocenters. The number of nitrogens with zero attached hydrogens (tertiary/aromatic N) is 2. The first-order chi connectivity index (χ1) is 14.1. The fraction of sp³-hybridized carbons (Fsp3) is 0.150. The van der Waals surface area contributed by atoms with E-state index in [9.17, 15) is 21.6 Å². The molecule has 30 heavy (non-hydrogen) atoms. The second-order valence-corrected chi connectivity index (χ2v) is 9.51. The van der Waals surface area contributed by atoms with E-state index in [1.165, 1.54) is 41.7 Å². The Hall–Kier alpha value is -2.85. The lowest BCUT2D eigenvalue weighted by Crippen LogP contribution is -2.10. The van der Waals surface area contributed by atoms with Crippen LogP contribution in [-0.2, 0) is 22.6 Å². The Morgan fingerprint density at radius 3 is 2.63 bits per heavy atom. The van der Waals surface area contributed by atoms with Gasteiger partial charge in [-0.1, -0.05) is 18.2 Å². The largest absolute Gasteiger partial charge is 0.488 e. The molecule has 0 fully saturated rings. The molecule has 0 aliphatic carbocycles. The monoisotopic (exact) mass is 452 g/mol. The maximum Gasteiger partial charge on any atom is 0.416 e. The number of hydrogen-bond donors (Lipinski definition) is 0. The number of halogens is 3. The van der Waals surface area contributed by atoms with Crippen LogP contribution in [0.2, 0.25) is 0 Å². The van der Waals surface area contributed by atoms with Gasteiger partial charge in [-0.15, -0.1) is 11.3 Å². The lowest BCUT2D eigenvalue weighted by atomic mass is 10.1. The Balaban J connectivity index is 1.60. The SMILES string of the molecule is CS(=O)(=O)c1ccc2ncn(-c3cc(OCc4ccccc4C(F)(F)F)cs3)c2c1. The van der Waals surface area contributed by atoms with Crippen molar-refractivity contribution >= 4 is 32.2 Å². The predicted octanol–water partition coefficient (Wildman–Crippen LogP) is 5.09. The van der Waals surface area contributed by atoms with Gasteiger partial charge >= 0.3 is 6.18 Å². The standard InChI is InChI=1S/C20H15F3N2O3S2/c1-30(26,27)15-6-7-17-18(9-15)25(12-24-17)19-8-14(11-29-19)28-10-13-4-2-3-5-16(13)20(21,22)23/h2-9,11-12H,10H2,1H3. The van der Waals surface area contributed by atoms with Gasteiger partial charge in [-0.25, -0.2) is 13.4 Å². The molecule has 156 valence electrons. The number of aromatic nitrogens is 2. The van der Waals surface area contributed by atoms with Gasteiger partial charge in [0.25, 0.3) is 0 Å². The fourth-order valence-electron chi connectivity index (χ4n) is 2.99. The van der Waals surface area contributed by atoms with Crippen LogP contribution in [0.1, 0.15) is 11.1 Å². The second kappa shape index (κ2) is 7.44. The molecule has 0 saturated heterocycles. The zero-order chi connectivity index (χ0) is 21.5. The highest BCUT2D eigenvalue weighted by atomic mass is 32.2. The fourth-order valence-corrected chi connectivity index (χ4v) is 4.44. The summed E-state index contributed by atoms with van der Waals surface area (Å²) >= 11 is 1.31. The van der Waals surface area contributed by atoms with Crippen molar-refractivity contribution in [3.8, 4) is 10.8 Å². The molecule has 0 aliphatic rings. The molecular weight excluding hydrogens is 437 g/mol. The van der Waals surface area contributed by atoms with Crippen LogP contribution < -0.4 is 4.74 Å². The topological polar surface area (TPSA) is 61.2 Å². The van der Waals surface area contributed by atoms with E-state index in [0.717, 1.165) is 12.3 Å². The summed E-state index contributed by atoms with van der Waals surface area (Å²) in [6.07, 6.45) is -1.76. The summed E-state index contributed by atoms with van der Waals surface area (Å²) in [6.45, 7) is -0.227. The van der Waals surface area contributed by atoms with Gasteiger partial charge in [0, 0.05) is 23.3 Å². The third-order valence-electron chi connectivity index (χ3n) is 4.46. The van der Waals surface area contributed by atoms with Crippen LogP contribution in [0.5, 0.6) is 5.75 Å². The van der Waals surface area contributed by atoms with Gasteiger partial charge in [0.2, 0.25) is 0 Å². The molecule has 0 radical (unpaired) electrons. The van der Waals surface area contributed by atoms with Crippen LogP contribution in [0.4, 0.5) is 13.2 Å². The summed E-state index contributed by atoms with van der Waals surface area (Å²) in [6, 6.07) is 11.6. The first kappa shape index (κ1) is 20.4. The van der Waals surface area contributed by atoms with Gasteiger partial charge in [-0.2, -0.15) is 13.2 Å². The summed E-state index contributed by atoms with van der Waals surface area (Å²) in [7, 11) is -3.38. The zero-order valence-electron chi connectivity index (χ0n) is 15.6. The Labute approximate surface area is 174 Å². The van der Waals surface area contributed by atoms with Crippen molar-refractivity contribution in [1.29, 1.82) is 0 Å². The number of ether oxygens (including phenoxy) is 1. The third-order valence-corrected chi connectivity index (χ3v) is 6.48. The van der Waals surface area contributed by atoms with Gasteiger partial charge in [0.05, 0.1) is 21.5 Å². The molecule has 5 nitrogen and oxygen atoms in total. The van der Waals surface area contributed by atoms with Crippen LogP contribution in [0.25, 0.3) is 16.0 Å². The number of benzene rings is 2. The van der Waals surface area contributed by atoms with Crippen molar-refractivity contribution in [3.05, 3.63) is 71.4 Å². The Morgan fingerprint density at radius 2 is 1.90 bits per heavy atom. The maximum atomic E-state index is 13.1. The smallest absolute Gasteiger partial charge is 0.416 e. The molecule has 2 heterocycles. The highest BCUT2D eigenvalue weighted by Crippen LogP contribution is 2.33. The zero-order valence-corrected chi connectivity index (χ0v) is 17.2. The molecule has 10 heteroatoms. The molecule has 0 bridgehead atoms. The minimum Gasteiger partial charge on any atom is -0.488 e. The Kier molecular flexibility index (Phi) is 5.07. The number of alkyl halides is 3. The van der Waals surface area contributed by atoms with E-state index < -0.39 is 21.6 Å². The Morgan fingerprint density at radius 1 is 1.13 bits per heavy atom. The normalized spacial score (nSPS) is 12.4. The third kappa shape index (κ3) is 4.05. The van der Waals surface area contributed by atoms with Gasteiger partial charge in [0.15, 0.2) is 9.84 Å². The van der Waals surface area contributed by atoms with Gasteiger partial charge in [-0.05, 0) is 24.3 Å². The summed E-state index contributed by atoms with van der Waals surface area (Å²) in [5.74, 6) is 0.410. The van der Waals surface area contributed by atoms with E-state index in [1.807, 2.05) is 0 Å². The molecule has 2 aromatic carbocycles. The highest BCUT2D eigenvalue weighted by Gasteiger charge is 2.33. The first-order valence-electron chi connectivity index (χ1n) is 8.67. The minimum absolute atomic E-state index is 0.0450. The van der Waals surface area contributed by atoms with Crippen LogP contribution in [-0.4, -0.2) is 24.2 Å². The quantitative estimate of drug-likeness (QED) is 0.423. The molecule has 4 rings (SSSR count). The summed E-state index contributed by atoms with van der Waals surface area (Å²) in [5, 5.41) is 2.37. The maximum absolute atomic E-state index is 13.1. The van der Waals surface area contributed by atoms with Crippen molar-refractivity contribution in [3.63, 3.8) is 0 Å². The van der Waals surface area contributed by atoms with Crippen LogP contribution in [0, 0.1) is 0 Å². The molecule has 0 spiro atoms. The Bertz CT molecular complexity index is 1320. The van der Waals surface area contributed by atoms with Crippen molar-refractivity contribution in [1.82, 2.24) is 9.55 Å².